The molecule has 1 aliphatic rings. The smallest absolute Gasteiger partial charge is 0.262 e. The maximum absolute atomic E-state index is 13.0. The third-order valence-electron chi connectivity index (χ3n) is 4.81. The Morgan fingerprint density at radius 1 is 1.22 bits per heavy atom. The van der Waals surface area contributed by atoms with Crippen molar-refractivity contribution < 1.29 is 14.1 Å². The molecule has 2 heterocycles. The number of hydrogen-bond donors (Lipinski definition) is 2. The summed E-state index contributed by atoms with van der Waals surface area (Å²) in [7, 11) is 0. The van der Waals surface area contributed by atoms with Gasteiger partial charge < -0.3 is 15.2 Å². The van der Waals surface area contributed by atoms with Gasteiger partial charge in [0.05, 0.1) is 9.88 Å². The Bertz CT molecular complexity index is 857. The van der Waals surface area contributed by atoms with Crippen molar-refractivity contribution in [1.29, 1.82) is 0 Å². The van der Waals surface area contributed by atoms with Crippen LogP contribution in [0.25, 0.3) is 0 Å². The lowest BCUT2D eigenvalue weighted by Crippen LogP contribution is -2.44. The van der Waals surface area contributed by atoms with E-state index in [0.29, 0.717) is 21.6 Å². The zero-order chi connectivity index (χ0) is 19.8. The fourth-order valence-electron chi connectivity index (χ4n) is 3.22. The van der Waals surface area contributed by atoms with Crippen molar-refractivity contribution in [2.24, 2.45) is 5.41 Å². The summed E-state index contributed by atoms with van der Waals surface area (Å²) in [4.78, 5) is 30.2. The lowest BCUT2D eigenvalue weighted by molar-refractivity contribution is -0.123. The summed E-state index contributed by atoms with van der Waals surface area (Å²) in [5.74, 6) is 0.787. The summed E-state index contributed by atoms with van der Waals surface area (Å²) >= 11 is 1.29. The summed E-state index contributed by atoms with van der Waals surface area (Å²) in [5.41, 5.74) is -0.246. The van der Waals surface area contributed by atoms with Crippen LogP contribution in [0.1, 0.15) is 73.4 Å². The van der Waals surface area contributed by atoms with E-state index in [0.717, 1.165) is 31.2 Å². The maximum atomic E-state index is 13.0. The number of rotatable bonds is 4. The topological polar surface area (TPSA) is 97.1 Å². The molecule has 2 aromatic heterocycles. The number of carbonyl (C=O) groups excluding carboxylic acids is 2. The number of carbonyl (C=O) groups is 2. The van der Waals surface area contributed by atoms with Gasteiger partial charge in [-0.3, -0.25) is 9.59 Å². The standard InChI is InChI=1S/C19H26N4O3S/c1-11-10-13(21-17(25)18(3,4)5)27-14(11)15(24)22-19(8-6-7-9-19)16-20-12(2)26-23-16/h10H,6-9H2,1-5H3,(H,21,25)(H,22,24). The van der Waals surface area contributed by atoms with Gasteiger partial charge in [-0.1, -0.05) is 38.8 Å². The summed E-state index contributed by atoms with van der Waals surface area (Å²) in [6, 6.07) is 1.84. The minimum Gasteiger partial charge on any atom is -0.340 e. The number of anilines is 1. The van der Waals surface area contributed by atoms with E-state index in [9.17, 15) is 9.59 Å². The van der Waals surface area contributed by atoms with Crippen LogP contribution in [0.3, 0.4) is 0 Å². The number of amides is 2. The molecule has 0 saturated heterocycles. The normalized spacial score (nSPS) is 16.3. The lowest BCUT2D eigenvalue weighted by atomic mass is 9.96. The SMILES string of the molecule is Cc1nc(C2(NC(=O)c3sc(NC(=O)C(C)(C)C)cc3C)CCCC2)no1. The molecule has 2 N–H and O–H groups in total. The lowest BCUT2D eigenvalue weighted by Gasteiger charge is -2.26. The molecule has 1 saturated carbocycles. The van der Waals surface area contributed by atoms with E-state index in [2.05, 4.69) is 20.8 Å². The Morgan fingerprint density at radius 3 is 2.44 bits per heavy atom. The first-order valence-corrected chi connectivity index (χ1v) is 9.97. The van der Waals surface area contributed by atoms with E-state index in [1.807, 2.05) is 33.8 Å². The molecule has 8 heteroatoms. The predicted molar refractivity (Wildman–Crippen MR) is 104 cm³/mol. The number of thiophene rings is 1. The molecular formula is C19H26N4O3S. The largest absolute Gasteiger partial charge is 0.340 e. The van der Waals surface area contributed by atoms with Crippen molar-refractivity contribution in [3.05, 3.63) is 28.2 Å². The molecule has 7 nitrogen and oxygen atoms in total. The molecule has 2 aromatic rings. The van der Waals surface area contributed by atoms with E-state index >= 15 is 0 Å². The van der Waals surface area contributed by atoms with E-state index < -0.39 is 11.0 Å². The first kappa shape index (κ1) is 19.5. The second-order valence-corrected chi connectivity index (χ2v) is 9.26. The Balaban J connectivity index is 1.80. The van der Waals surface area contributed by atoms with Crippen molar-refractivity contribution in [1.82, 2.24) is 15.5 Å². The van der Waals surface area contributed by atoms with Crippen LogP contribution < -0.4 is 10.6 Å². The number of aryl methyl sites for hydroxylation is 2. The highest BCUT2D eigenvalue weighted by atomic mass is 32.1. The Hall–Kier alpha value is -2.22. The van der Waals surface area contributed by atoms with E-state index in [-0.39, 0.29) is 11.8 Å². The molecule has 2 amide bonds. The van der Waals surface area contributed by atoms with Crippen LogP contribution >= 0.6 is 11.3 Å². The van der Waals surface area contributed by atoms with Gasteiger partial charge in [0.1, 0.15) is 5.54 Å². The molecule has 0 unspecified atom stereocenters. The second kappa shape index (κ2) is 7.07. The molecule has 1 aliphatic carbocycles. The van der Waals surface area contributed by atoms with Crippen molar-refractivity contribution in [3.8, 4) is 0 Å². The van der Waals surface area contributed by atoms with Crippen molar-refractivity contribution in [3.63, 3.8) is 0 Å². The number of hydrogen-bond acceptors (Lipinski definition) is 6. The first-order valence-electron chi connectivity index (χ1n) is 9.16. The van der Waals surface area contributed by atoms with Crippen molar-refractivity contribution in [2.45, 2.75) is 65.8 Å². The average molecular weight is 391 g/mol. The zero-order valence-corrected chi connectivity index (χ0v) is 17.2. The number of nitrogens with zero attached hydrogens (tertiary/aromatic N) is 2. The van der Waals surface area contributed by atoms with Crippen LogP contribution in [0.2, 0.25) is 0 Å². The minimum absolute atomic E-state index is 0.0785. The molecule has 0 atom stereocenters. The van der Waals surface area contributed by atoms with Gasteiger partial charge in [0.2, 0.25) is 11.8 Å². The first-order chi connectivity index (χ1) is 12.6. The van der Waals surface area contributed by atoms with Gasteiger partial charge in [-0.05, 0) is 31.4 Å². The summed E-state index contributed by atoms with van der Waals surface area (Å²) in [6.45, 7) is 9.18. The van der Waals surface area contributed by atoms with Crippen LogP contribution in [0.15, 0.2) is 10.6 Å². The third-order valence-corrected chi connectivity index (χ3v) is 5.96. The van der Waals surface area contributed by atoms with Crippen LogP contribution in [0.4, 0.5) is 5.00 Å². The Labute approximate surface area is 162 Å². The van der Waals surface area contributed by atoms with Gasteiger partial charge >= 0.3 is 0 Å². The molecule has 0 spiro atoms. The number of nitrogens with one attached hydrogen (secondary N) is 2. The second-order valence-electron chi connectivity index (χ2n) is 8.21. The van der Waals surface area contributed by atoms with Crippen LogP contribution in [0.5, 0.6) is 0 Å². The highest BCUT2D eigenvalue weighted by Crippen LogP contribution is 2.38. The van der Waals surface area contributed by atoms with Gasteiger partial charge in [-0.25, -0.2) is 0 Å². The minimum atomic E-state index is -0.583. The van der Waals surface area contributed by atoms with E-state index in [1.54, 1.807) is 6.92 Å². The molecule has 0 radical (unpaired) electrons. The highest BCUT2D eigenvalue weighted by Gasteiger charge is 2.41. The molecular weight excluding hydrogens is 364 g/mol. The van der Waals surface area contributed by atoms with Crippen molar-refractivity contribution >= 4 is 28.2 Å². The molecule has 1 fully saturated rings. The third kappa shape index (κ3) is 4.05. The average Bonchev–Trinajstić information content (AvgIpc) is 3.27. The fourth-order valence-corrected chi connectivity index (χ4v) is 4.18. The maximum Gasteiger partial charge on any atom is 0.262 e. The quantitative estimate of drug-likeness (QED) is 0.824. The van der Waals surface area contributed by atoms with E-state index in [1.165, 1.54) is 11.3 Å². The van der Waals surface area contributed by atoms with Crippen LogP contribution in [-0.2, 0) is 10.3 Å². The fraction of sp³-hybridized carbons (Fsp3) is 0.579. The molecule has 0 bridgehead atoms. The molecule has 0 aromatic carbocycles. The zero-order valence-electron chi connectivity index (χ0n) is 16.4. The summed E-state index contributed by atoms with van der Waals surface area (Å²) in [6.07, 6.45) is 3.58. The summed E-state index contributed by atoms with van der Waals surface area (Å²) in [5, 5.41) is 10.8. The molecule has 0 aliphatic heterocycles. The Kier molecular flexibility index (Phi) is 5.12. The van der Waals surface area contributed by atoms with Gasteiger partial charge in [-0.15, -0.1) is 11.3 Å². The highest BCUT2D eigenvalue weighted by molar-refractivity contribution is 7.18. The molecule has 146 valence electrons. The van der Waals surface area contributed by atoms with Gasteiger partial charge in [-0.2, -0.15) is 4.98 Å². The number of aromatic nitrogens is 2. The van der Waals surface area contributed by atoms with E-state index in [4.69, 9.17) is 4.52 Å². The van der Waals surface area contributed by atoms with Gasteiger partial charge in [0.15, 0.2) is 5.82 Å². The van der Waals surface area contributed by atoms with Gasteiger partial charge in [0.25, 0.3) is 5.91 Å². The Morgan fingerprint density at radius 2 is 1.89 bits per heavy atom. The van der Waals surface area contributed by atoms with Crippen molar-refractivity contribution in [2.75, 3.05) is 5.32 Å². The van der Waals surface area contributed by atoms with Gasteiger partial charge in [0, 0.05) is 12.3 Å². The monoisotopic (exact) mass is 390 g/mol. The van der Waals surface area contributed by atoms with Crippen LogP contribution in [0, 0.1) is 19.3 Å². The molecule has 3 rings (SSSR count). The summed E-state index contributed by atoms with van der Waals surface area (Å²) < 4.78 is 5.14. The van der Waals surface area contributed by atoms with Crippen LogP contribution in [-0.4, -0.2) is 22.0 Å². The predicted octanol–water partition coefficient (Wildman–Crippen LogP) is 3.93. The molecule has 27 heavy (non-hydrogen) atoms.